The van der Waals surface area contributed by atoms with E-state index < -0.39 is 6.10 Å². The van der Waals surface area contributed by atoms with Gasteiger partial charge >= 0.3 is 5.97 Å². The van der Waals surface area contributed by atoms with Gasteiger partial charge in [-0.3, -0.25) is 9.88 Å². The average molecular weight is 467 g/mol. The molecule has 5 atom stereocenters. The summed E-state index contributed by atoms with van der Waals surface area (Å²) < 4.78 is 12.0. The Morgan fingerprint density at radius 1 is 1.23 bits per heavy atom. The van der Waals surface area contributed by atoms with Gasteiger partial charge in [0.25, 0.3) is 0 Å². The highest BCUT2D eigenvalue weighted by Crippen LogP contribution is 2.44. The molecule has 4 aliphatic rings. The predicted octanol–water partition coefficient (Wildman–Crippen LogP) is 5.36. The van der Waals surface area contributed by atoms with Gasteiger partial charge in [0.15, 0.2) is 0 Å². The Balaban J connectivity index is 1.41. The molecule has 3 aliphatic heterocycles. The van der Waals surface area contributed by atoms with E-state index >= 15 is 0 Å². The van der Waals surface area contributed by atoms with Gasteiger partial charge in [-0.25, -0.2) is 4.79 Å². The van der Waals surface area contributed by atoms with Crippen LogP contribution >= 0.6 is 0 Å². The van der Waals surface area contributed by atoms with Crippen molar-refractivity contribution in [3.8, 4) is 5.75 Å². The van der Waals surface area contributed by atoms with Gasteiger partial charge < -0.3 is 9.47 Å². The van der Waals surface area contributed by atoms with E-state index in [-0.39, 0.29) is 12.0 Å². The molecule has 0 radical (unpaired) electrons. The van der Waals surface area contributed by atoms with Crippen molar-refractivity contribution < 1.29 is 14.3 Å². The minimum absolute atomic E-state index is 0.114. The molecule has 3 fully saturated rings. The molecule has 7 rings (SSSR count). The number of carbonyl (C=O) groups is 1. The van der Waals surface area contributed by atoms with Crippen molar-refractivity contribution in [2.75, 3.05) is 20.2 Å². The summed E-state index contributed by atoms with van der Waals surface area (Å²) in [7, 11) is 1.67. The Morgan fingerprint density at radius 3 is 2.91 bits per heavy atom. The fourth-order valence-electron chi connectivity index (χ4n) is 6.22. The lowest BCUT2D eigenvalue weighted by Gasteiger charge is -2.51. The number of carbonyl (C=O) groups excluding carboxylic acids is 1. The predicted molar refractivity (Wildman–Crippen MR) is 137 cm³/mol. The molecule has 3 aromatic rings. The SMILES string of the molecule is C=C[C@H]1CN2CC[C@H]1C[C@H]2[C@H](OC(=O)C1=CCc2ccccc21)c1ccnc2ccc(OC)cc12. The molecule has 4 heterocycles. The summed E-state index contributed by atoms with van der Waals surface area (Å²) in [6.45, 7) is 6.05. The third-order valence-electron chi connectivity index (χ3n) is 8.08. The second-order valence-corrected chi connectivity index (χ2v) is 9.83. The van der Waals surface area contributed by atoms with E-state index in [0.717, 1.165) is 60.1 Å². The lowest BCUT2D eigenvalue weighted by atomic mass is 9.73. The summed E-state index contributed by atoms with van der Waals surface area (Å²) in [6.07, 6.45) is 8.43. The van der Waals surface area contributed by atoms with Gasteiger partial charge in [0.2, 0.25) is 0 Å². The number of allylic oxidation sites excluding steroid dienone is 1. The first kappa shape index (κ1) is 22.1. The molecular formula is C30H30N2O3. The van der Waals surface area contributed by atoms with Crippen LogP contribution in [0.3, 0.4) is 0 Å². The van der Waals surface area contributed by atoms with Crippen molar-refractivity contribution >= 4 is 22.4 Å². The Bertz CT molecular complexity index is 1330. The van der Waals surface area contributed by atoms with Crippen LogP contribution in [0.2, 0.25) is 0 Å². The molecule has 2 bridgehead atoms. The Morgan fingerprint density at radius 2 is 2.11 bits per heavy atom. The van der Waals surface area contributed by atoms with Crippen molar-refractivity contribution in [1.82, 2.24) is 9.88 Å². The second-order valence-electron chi connectivity index (χ2n) is 9.83. The first-order valence-electron chi connectivity index (χ1n) is 12.4. The quantitative estimate of drug-likeness (QED) is 0.361. The van der Waals surface area contributed by atoms with Crippen molar-refractivity contribution in [1.29, 1.82) is 0 Å². The molecule has 5 heteroatoms. The normalized spacial score (nSPS) is 25.6. The number of aromatic nitrogens is 1. The van der Waals surface area contributed by atoms with Gasteiger partial charge in [0, 0.05) is 23.7 Å². The number of nitrogens with zero attached hydrogens (tertiary/aromatic N) is 2. The maximum absolute atomic E-state index is 13.7. The van der Waals surface area contributed by atoms with Crippen molar-refractivity contribution in [3.05, 3.63) is 90.1 Å². The molecule has 2 aromatic carbocycles. The number of ether oxygens (including phenoxy) is 2. The van der Waals surface area contributed by atoms with E-state index in [2.05, 4.69) is 28.6 Å². The molecule has 3 saturated heterocycles. The lowest BCUT2D eigenvalue weighted by molar-refractivity contribution is -0.150. The Labute approximate surface area is 206 Å². The molecule has 0 amide bonds. The lowest BCUT2D eigenvalue weighted by Crippen LogP contribution is -2.55. The molecule has 5 nitrogen and oxygen atoms in total. The summed E-state index contributed by atoms with van der Waals surface area (Å²) in [5.74, 6) is 1.57. The Kier molecular flexibility index (Phi) is 5.65. The van der Waals surface area contributed by atoms with Gasteiger partial charge in [-0.15, -0.1) is 6.58 Å². The average Bonchev–Trinajstić information content (AvgIpc) is 3.35. The van der Waals surface area contributed by atoms with Gasteiger partial charge in [-0.2, -0.15) is 0 Å². The van der Waals surface area contributed by atoms with Crippen molar-refractivity contribution in [3.63, 3.8) is 0 Å². The number of piperidine rings is 3. The van der Waals surface area contributed by atoms with Crippen molar-refractivity contribution in [2.45, 2.75) is 31.4 Å². The summed E-state index contributed by atoms with van der Waals surface area (Å²) in [4.78, 5) is 20.7. The highest BCUT2D eigenvalue weighted by atomic mass is 16.5. The van der Waals surface area contributed by atoms with E-state index in [0.29, 0.717) is 17.4 Å². The van der Waals surface area contributed by atoms with Crippen LogP contribution in [0.1, 0.15) is 35.6 Å². The molecular weight excluding hydrogens is 436 g/mol. The van der Waals surface area contributed by atoms with Gasteiger partial charge in [0.1, 0.15) is 11.9 Å². The van der Waals surface area contributed by atoms with Crippen LogP contribution in [0.15, 0.2) is 73.5 Å². The van der Waals surface area contributed by atoms with E-state index in [9.17, 15) is 4.79 Å². The molecule has 0 N–H and O–H groups in total. The molecule has 1 unspecified atom stereocenters. The van der Waals surface area contributed by atoms with Gasteiger partial charge in [-0.1, -0.05) is 36.4 Å². The highest BCUT2D eigenvalue weighted by molar-refractivity contribution is 6.18. The summed E-state index contributed by atoms with van der Waals surface area (Å²) in [6, 6.07) is 16.1. The van der Waals surface area contributed by atoms with Crippen LogP contribution in [-0.2, 0) is 16.0 Å². The molecule has 178 valence electrons. The summed E-state index contributed by atoms with van der Waals surface area (Å²) in [5.41, 5.74) is 4.68. The van der Waals surface area contributed by atoms with Crippen LogP contribution in [-0.4, -0.2) is 42.1 Å². The number of esters is 1. The largest absolute Gasteiger partial charge is 0.497 e. The standard InChI is InChI=1S/C30H30N2O3/c1-3-19-18-32-15-13-21(19)16-28(32)29(24-12-14-31-27-11-9-22(34-2)17-26(24)27)35-30(33)25-10-8-20-6-4-5-7-23(20)25/h3-7,9-12,14,17,19,21,28-29H,1,8,13,15-16,18H2,2H3/t19-,21-,28-,29+/m0/s1. The number of rotatable bonds is 6. The summed E-state index contributed by atoms with van der Waals surface area (Å²) >= 11 is 0. The highest BCUT2D eigenvalue weighted by Gasteiger charge is 2.44. The molecule has 1 aliphatic carbocycles. The first-order valence-corrected chi connectivity index (χ1v) is 12.4. The third kappa shape index (κ3) is 3.84. The van der Waals surface area contributed by atoms with E-state index in [1.165, 1.54) is 5.56 Å². The topological polar surface area (TPSA) is 51.7 Å². The van der Waals surface area contributed by atoms with Crippen LogP contribution in [0.4, 0.5) is 0 Å². The maximum atomic E-state index is 13.7. The van der Waals surface area contributed by atoms with Gasteiger partial charge in [0.05, 0.1) is 24.2 Å². The zero-order valence-electron chi connectivity index (χ0n) is 20.0. The monoisotopic (exact) mass is 466 g/mol. The van der Waals surface area contributed by atoms with Gasteiger partial charge in [-0.05, 0) is 73.0 Å². The molecule has 1 aromatic heterocycles. The van der Waals surface area contributed by atoms with Crippen LogP contribution < -0.4 is 4.74 Å². The zero-order chi connectivity index (χ0) is 23.9. The summed E-state index contributed by atoms with van der Waals surface area (Å²) in [5, 5.41) is 0.966. The third-order valence-corrected chi connectivity index (χ3v) is 8.08. The number of fused-ring (bicyclic) bond motifs is 5. The fourth-order valence-corrected chi connectivity index (χ4v) is 6.22. The minimum Gasteiger partial charge on any atom is -0.497 e. The minimum atomic E-state index is -0.401. The van der Waals surface area contributed by atoms with Crippen molar-refractivity contribution in [2.24, 2.45) is 11.8 Å². The molecule has 0 saturated carbocycles. The number of methoxy groups -OCH3 is 1. The number of benzene rings is 2. The fraction of sp³-hybridized carbons (Fsp3) is 0.333. The Hall–Kier alpha value is -3.44. The van der Waals surface area contributed by atoms with Crippen LogP contribution in [0, 0.1) is 11.8 Å². The zero-order valence-corrected chi connectivity index (χ0v) is 20.0. The molecule has 0 spiro atoms. The number of pyridine rings is 1. The number of hydrogen-bond acceptors (Lipinski definition) is 5. The van der Waals surface area contributed by atoms with E-state index in [1.807, 2.05) is 54.7 Å². The maximum Gasteiger partial charge on any atom is 0.339 e. The first-order chi connectivity index (χ1) is 17.2. The molecule has 35 heavy (non-hydrogen) atoms. The smallest absolute Gasteiger partial charge is 0.339 e. The van der Waals surface area contributed by atoms with E-state index in [1.54, 1.807) is 7.11 Å². The van der Waals surface area contributed by atoms with Crippen LogP contribution in [0.25, 0.3) is 16.5 Å². The van der Waals surface area contributed by atoms with Crippen LogP contribution in [0.5, 0.6) is 5.75 Å². The number of hydrogen-bond donors (Lipinski definition) is 0. The van der Waals surface area contributed by atoms with E-state index in [4.69, 9.17) is 9.47 Å². The second kappa shape index (κ2) is 8.97.